The van der Waals surface area contributed by atoms with Crippen molar-refractivity contribution < 1.29 is 14.3 Å². The van der Waals surface area contributed by atoms with Gasteiger partial charge in [0.25, 0.3) is 5.91 Å². The summed E-state index contributed by atoms with van der Waals surface area (Å²) in [5.74, 6) is 0.0811. The number of rotatable bonds is 4. The molecule has 0 spiro atoms. The van der Waals surface area contributed by atoms with Crippen LogP contribution in [0.25, 0.3) is 0 Å². The van der Waals surface area contributed by atoms with Crippen molar-refractivity contribution in [2.24, 2.45) is 0 Å². The Morgan fingerprint density at radius 2 is 1.85 bits per heavy atom. The first kappa shape index (κ1) is 19.5. The number of carbonyl (C=O) groups excluding carboxylic acids is 2. The zero-order valence-corrected chi connectivity index (χ0v) is 16.6. The molecule has 1 heterocycles. The zero-order chi connectivity index (χ0) is 19.6. The fraction of sp³-hybridized carbons (Fsp3) is 0.300. The van der Waals surface area contributed by atoms with Gasteiger partial charge in [-0.15, -0.1) is 0 Å². The van der Waals surface area contributed by atoms with Crippen LogP contribution in [0, 0.1) is 6.92 Å². The lowest BCUT2D eigenvalue weighted by molar-refractivity contribution is -0.119. The highest BCUT2D eigenvalue weighted by Crippen LogP contribution is 2.28. The molecule has 1 aliphatic rings. The van der Waals surface area contributed by atoms with Crippen LogP contribution in [-0.2, 0) is 4.79 Å². The number of hydrogen-bond donors (Lipinski definition) is 1. The van der Waals surface area contributed by atoms with Crippen molar-refractivity contribution in [1.29, 1.82) is 0 Å². The molecule has 2 aromatic carbocycles. The minimum absolute atomic E-state index is 0.238. The number of anilines is 1. The molecule has 142 valence electrons. The van der Waals surface area contributed by atoms with E-state index in [0.29, 0.717) is 40.0 Å². The summed E-state index contributed by atoms with van der Waals surface area (Å²) in [7, 11) is 1.55. The number of benzene rings is 2. The Morgan fingerprint density at radius 1 is 1.15 bits per heavy atom. The number of ether oxygens (including phenoxy) is 1. The van der Waals surface area contributed by atoms with E-state index in [-0.39, 0.29) is 11.8 Å². The van der Waals surface area contributed by atoms with Crippen molar-refractivity contribution >= 4 is 40.7 Å². The van der Waals surface area contributed by atoms with Gasteiger partial charge in [0.15, 0.2) is 0 Å². The molecule has 1 fully saturated rings. The highest BCUT2D eigenvalue weighted by molar-refractivity contribution is 6.35. The number of methoxy groups -OCH3 is 1. The fourth-order valence-electron chi connectivity index (χ4n) is 3.26. The van der Waals surface area contributed by atoms with Gasteiger partial charge in [-0.25, -0.2) is 0 Å². The lowest BCUT2D eigenvalue weighted by atomic mass is 10.1. The highest BCUT2D eigenvalue weighted by atomic mass is 35.5. The quantitative estimate of drug-likeness (QED) is 0.809. The molecule has 0 aromatic heterocycles. The Morgan fingerprint density at radius 3 is 2.52 bits per heavy atom. The topological polar surface area (TPSA) is 58.6 Å². The minimum atomic E-state index is -0.555. The van der Waals surface area contributed by atoms with Crippen LogP contribution < -0.4 is 10.1 Å². The van der Waals surface area contributed by atoms with Gasteiger partial charge >= 0.3 is 0 Å². The number of hydrogen-bond acceptors (Lipinski definition) is 3. The van der Waals surface area contributed by atoms with Crippen molar-refractivity contribution in [2.75, 3.05) is 19.0 Å². The third-order valence-corrected chi connectivity index (χ3v) is 4.98. The van der Waals surface area contributed by atoms with E-state index in [1.807, 2.05) is 19.1 Å². The van der Waals surface area contributed by atoms with Gasteiger partial charge in [-0.2, -0.15) is 0 Å². The molecule has 5 nitrogen and oxygen atoms in total. The number of aryl methyl sites for hydroxylation is 1. The molecule has 0 unspecified atom stereocenters. The maximum absolute atomic E-state index is 12.9. The first-order chi connectivity index (χ1) is 12.9. The van der Waals surface area contributed by atoms with Gasteiger partial charge in [0, 0.05) is 22.2 Å². The van der Waals surface area contributed by atoms with Crippen LogP contribution in [-0.4, -0.2) is 36.4 Å². The summed E-state index contributed by atoms with van der Waals surface area (Å²) in [6.45, 7) is 2.44. The molecule has 2 aromatic rings. The lowest BCUT2D eigenvalue weighted by Gasteiger charge is -2.24. The molecule has 7 heteroatoms. The van der Waals surface area contributed by atoms with Gasteiger partial charge in [-0.1, -0.05) is 29.3 Å². The summed E-state index contributed by atoms with van der Waals surface area (Å²) >= 11 is 12.0. The molecule has 1 aliphatic heterocycles. The first-order valence-electron chi connectivity index (χ1n) is 8.61. The van der Waals surface area contributed by atoms with Gasteiger partial charge in [0.2, 0.25) is 5.91 Å². The molecule has 0 aliphatic carbocycles. The predicted octanol–water partition coefficient (Wildman–Crippen LogP) is 4.55. The maximum atomic E-state index is 12.9. The Hall–Kier alpha value is -2.24. The van der Waals surface area contributed by atoms with E-state index in [9.17, 15) is 9.59 Å². The van der Waals surface area contributed by atoms with E-state index in [1.165, 1.54) is 0 Å². The van der Waals surface area contributed by atoms with Crippen LogP contribution in [0.3, 0.4) is 0 Å². The largest absolute Gasteiger partial charge is 0.495 e. The molecule has 27 heavy (non-hydrogen) atoms. The summed E-state index contributed by atoms with van der Waals surface area (Å²) in [5.41, 5.74) is 1.96. The van der Waals surface area contributed by atoms with Crippen LogP contribution in [0.1, 0.15) is 28.8 Å². The van der Waals surface area contributed by atoms with Crippen LogP contribution in [0.2, 0.25) is 10.0 Å². The normalized spacial score (nSPS) is 16.3. The van der Waals surface area contributed by atoms with Crippen LogP contribution in [0.5, 0.6) is 5.75 Å². The molecule has 3 rings (SSSR count). The second kappa shape index (κ2) is 8.19. The molecule has 1 saturated heterocycles. The summed E-state index contributed by atoms with van der Waals surface area (Å²) in [5, 5.41) is 3.66. The number of amides is 2. The first-order valence-corrected chi connectivity index (χ1v) is 9.37. The van der Waals surface area contributed by atoms with Gasteiger partial charge in [-0.05, 0) is 55.7 Å². The Bertz CT molecular complexity index is 865. The smallest absolute Gasteiger partial charge is 0.254 e. The van der Waals surface area contributed by atoms with Crippen molar-refractivity contribution in [3.05, 3.63) is 57.6 Å². The number of likely N-dealkylation sites (tertiary alicyclic amines) is 1. The average molecular weight is 407 g/mol. The van der Waals surface area contributed by atoms with Crippen molar-refractivity contribution in [3.63, 3.8) is 0 Å². The van der Waals surface area contributed by atoms with E-state index in [1.54, 1.807) is 36.3 Å². The number of nitrogens with zero attached hydrogens (tertiary/aromatic N) is 1. The van der Waals surface area contributed by atoms with Crippen molar-refractivity contribution in [1.82, 2.24) is 4.90 Å². The van der Waals surface area contributed by atoms with E-state index >= 15 is 0 Å². The second-order valence-corrected chi connectivity index (χ2v) is 7.38. The lowest BCUT2D eigenvalue weighted by Crippen LogP contribution is -2.43. The third-order valence-electron chi connectivity index (χ3n) is 4.54. The maximum Gasteiger partial charge on any atom is 0.254 e. The summed E-state index contributed by atoms with van der Waals surface area (Å²) in [4.78, 5) is 27.3. The zero-order valence-electron chi connectivity index (χ0n) is 15.1. The van der Waals surface area contributed by atoms with Crippen molar-refractivity contribution in [2.45, 2.75) is 25.8 Å². The van der Waals surface area contributed by atoms with E-state index in [4.69, 9.17) is 27.9 Å². The molecule has 1 N–H and O–H groups in total. The Labute approximate surface area is 168 Å². The summed E-state index contributed by atoms with van der Waals surface area (Å²) in [6, 6.07) is 9.69. The van der Waals surface area contributed by atoms with Crippen molar-refractivity contribution in [3.8, 4) is 5.75 Å². The third kappa shape index (κ3) is 4.37. The van der Waals surface area contributed by atoms with Crippen LogP contribution >= 0.6 is 23.2 Å². The monoisotopic (exact) mass is 406 g/mol. The van der Waals surface area contributed by atoms with E-state index < -0.39 is 6.04 Å². The SMILES string of the molecule is COc1ccc(C)cc1NC(=O)[C@@H]1CCCN1C(=O)c1cc(Cl)cc(Cl)c1. The van der Waals surface area contributed by atoms with Crippen LogP contribution in [0.15, 0.2) is 36.4 Å². The predicted molar refractivity (Wildman–Crippen MR) is 107 cm³/mol. The van der Waals surface area contributed by atoms with Crippen LogP contribution in [0.4, 0.5) is 5.69 Å². The number of carbonyl (C=O) groups is 2. The molecule has 0 saturated carbocycles. The van der Waals surface area contributed by atoms with Gasteiger partial charge < -0.3 is 15.0 Å². The average Bonchev–Trinajstić information content (AvgIpc) is 3.10. The van der Waals surface area contributed by atoms with E-state index in [0.717, 1.165) is 12.0 Å². The molecular weight excluding hydrogens is 387 g/mol. The number of nitrogens with one attached hydrogen (secondary N) is 1. The summed E-state index contributed by atoms with van der Waals surface area (Å²) in [6.07, 6.45) is 1.35. The Kier molecular flexibility index (Phi) is 5.92. The second-order valence-electron chi connectivity index (χ2n) is 6.51. The van der Waals surface area contributed by atoms with Gasteiger partial charge in [0.1, 0.15) is 11.8 Å². The standard InChI is InChI=1S/C20H20Cl2N2O3/c1-12-5-6-18(27-2)16(8-12)23-19(25)17-4-3-7-24(17)20(26)13-9-14(21)11-15(22)10-13/h5-6,8-11,17H,3-4,7H2,1-2H3,(H,23,25)/t17-/m0/s1. The molecule has 2 amide bonds. The molecule has 0 bridgehead atoms. The minimum Gasteiger partial charge on any atom is -0.495 e. The van der Waals surface area contributed by atoms with Gasteiger partial charge in [0.05, 0.1) is 12.8 Å². The Balaban J connectivity index is 1.80. The van der Waals surface area contributed by atoms with Gasteiger partial charge in [-0.3, -0.25) is 9.59 Å². The van der Waals surface area contributed by atoms with E-state index in [2.05, 4.69) is 5.32 Å². The number of halogens is 2. The summed E-state index contributed by atoms with van der Waals surface area (Å²) < 4.78 is 5.31. The molecule has 1 atom stereocenters. The molecule has 0 radical (unpaired) electrons. The molecular formula is C20H20Cl2N2O3. The fourth-order valence-corrected chi connectivity index (χ4v) is 3.79. The highest BCUT2D eigenvalue weighted by Gasteiger charge is 2.35.